The normalized spacial score (nSPS) is 10.2. The minimum absolute atomic E-state index is 0.591. The maximum atomic E-state index is 5.24. The molecule has 2 heterocycles. The van der Waals surface area contributed by atoms with Gasteiger partial charge < -0.3 is 15.1 Å². The van der Waals surface area contributed by atoms with Gasteiger partial charge in [-0.05, 0) is 35.0 Å². The molecule has 2 aromatic rings. The molecule has 17 heavy (non-hydrogen) atoms. The molecule has 0 aliphatic carbocycles. The lowest BCUT2D eigenvalue weighted by molar-refractivity contribution is 0.517. The summed E-state index contributed by atoms with van der Waals surface area (Å²) in [5, 5.41) is 6.33. The van der Waals surface area contributed by atoms with Crippen LogP contribution in [0.3, 0.4) is 0 Å². The molecular formula is C11H13BrN4O. The largest absolute Gasteiger partial charge is 0.467 e. The van der Waals surface area contributed by atoms with Crippen LogP contribution in [0.5, 0.6) is 0 Å². The van der Waals surface area contributed by atoms with Crippen LogP contribution >= 0.6 is 15.9 Å². The summed E-state index contributed by atoms with van der Waals surface area (Å²) < 4.78 is 6.06. The fraction of sp³-hybridized carbons (Fsp3) is 0.273. The minimum atomic E-state index is 0.591. The zero-order chi connectivity index (χ0) is 12.1. The third-order valence-corrected chi connectivity index (χ3v) is 2.90. The van der Waals surface area contributed by atoms with Gasteiger partial charge in [-0.3, -0.25) is 0 Å². The molecule has 0 amide bonds. The molecule has 6 heteroatoms. The Hall–Kier alpha value is -1.56. The van der Waals surface area contributed by atoms with E-state index < -0.39 is 0 Å². The number of hydrogen-bond donors (Lipinski definition) is 2. The second-order valence-corrected chi connectivity index (χ2v) is 4.14. The molecule has 0 atom stereocenters. The van der Waals surface area contributed by atoms with Gasteiger partial charge in [-0.15, -0.1) is 0 Å². The van der Waals surface area contributed by atoms with Crippen LogP contribution < -0.4 is 10.6 Å². The van der Waals surface area contributed by atoms with Gasteiger partial charge in [0.15, 0.2) is 0 Å². The summed E-state index contributed by atoms with van der Waals surface area (Å²) in [7, 11) is 0. The Balaban J connectivity index is 2.07. The van der Waals surface area contributed by atoms with Crippen LogP contribution in [-0.4, -0.2) is 16.5 Å². The molecule has 0 radical (unpaired) electrons. The highest BCUT2D eigenvalue weighted by atomic mass is 79.9. The first-order valence-electron chi connectivity index (χ1n) is 5.32. The van der Waals surface area contributed by atoms with Crippen molar-refractivity contribution in [2.75, 3.05) is 17.2 Å². The smallest absolute Gasteiger partial charge is 0.146 e. The predicted molar refractivity (Wildman–Crippen MR) is 69.9 cm³/mol. The highest BCUT2D eigenvalue weighted by Crippen LogP contribution is 2.26. The molecule has 0 aliphatic heterocycles. The molecule has 0 saturated heterocycles. The van der Waals surface area contributed by atoms with Crippen molar-refractivity contribution in [2.24, 2.45) is 0 Å². The highest BCUT2D eigenvalue weighted by Gasteiger charge is 2.07. The van der Waals surface area contributed by atoms with E-state index in [0.29, 0.717) is 6.54 Å². The predicted octanol–water partition coefficient (Wildman–Crippen LogP) is 2.88. The maximum absolute atomic E-state index is 5.24. The third kappa shape index (κ3) is 2.97. The lowest BCUT2D eigenvalue weighted by atomic mass is 10.4. The molecule has 5 nitrogen and oxygen atoms in total. The van der Waals surface area contributed by atoms with E-state index in [2.05, 4.69) is 36.5 Å². The van der Waals surface area contributed by atoms with Crippen molar-refractivity contribution in [3.8, 4) is 0 Å². The number of nitrogens with zero attached hydrogens (tertiary/aromatic N) is 2. The monoisotopic (exact) mass is 296 g/mol. The van der Waals surface area contributed by atoms with Crippen LogP contribution in [-0.2, 0) is 6.54 Å². The number of aromatic nitrogens is 2. The maximum Gasteiger partial charge on any atom is 0.146 e. The Morgan fingerprint density at radius 2 is 2.06 bits per heavy atom. The molecule has 0 saturated carbocycles. The van der Waals surface area contributed by atoms with Crippen molar-refractivity contribution in [3.05, 3.63) is 35.0 Å². The zero-order valence-corrected chi connectivity index (χ0v) is 11.0. The van der Waals surface area contributed by atoms with Crippen molar-refractivity contribution in [1.29, 1.82) is 0 Å². The highest BCUT2D eigenvalue weighted by molar-refractivity contribution is 9.10. The van der Waals surface area contributed by atoms with Gasteiger partial charge in [0.05, 0.1) is 12.8 Å². The second kappa shape index (κ2) is 5.67. The average Bonchev–Trinajstić information content (AvgIpc) is 2.83. The fourth-order valence-electron chi connectivity index (χ4n) is 1.37. The van der Waals surface area contributed by atoms with E-state index in [9.17, 15) is 0 Å². The summed E-state index contributed by atoms with van der Waals surface area (Å²) in [6.07, 6.45) is 3.17. The van der Waals surface area contributed by atoms with Crippen LogP contribution in [0.1, 0.15) is 12.7 Å². The van der Waals surface area contributed by atoms with Gasteiger partial charge in [0.2, 0.25) is 0 Å². The van der Waals surface area contributed by atoms with Gasteiger partial charge in [0.1, 0.15) is 28.2 Å². The van der Waals surface area contributed by atoms with Crippen LogP contribution in [0, 0.1) is 0 Å². The topological polar surface area (TPSA) is 63.0 Å². The van der Waals surface area contributed by atoms with Gasteiger partial charge in [-0.2, -0.15) is 0 Å². The van der Waals surface area contributed by atoms with Crippen molar-refractivity contribution >= 4 is 27.6 Å². The van der Waals surface area contributed by atoms with Gasteiger partial charge in [0, 0.05) is 6.54 Å². The number of anilines is 2. The van der Waals surface area contributed by atoms with Crippen LogP contribution in [0.25, 0.3) is 0 Å². The first kappa shape index (κ1) is 11.9. The van der Waals surface area contributed by atoms with Gasteiger partial charge in [-0.1, -0.05) is 0 Å². The molecule has 0 bridgehead atoms. The number of hydrogen-bond acceptors (Lipinski definition) is 5. The molecule has 90 valence electrons. The lowest BCUT2D eigenvalue weighted by Gasteiger charge is -2.09. The van der Waals surface area contributed by atoms with E-state index in [-0.39, 0.29) is 0 Å². The Morgan fingerprint density at radius 3 is 2.71 bits per heavy atom. The zero-order valence-electron chi connectivity index (χ0n) is 9.40. The molecule has 0 spiro atoms. The number of nitrogens with one attached hydrogen (secondary N) is 2. The lowest BCUT2D eigenvalue weighted by Crippen LogP contribution is -2.06. The summed E-state index contributed by atoms with van der Waals surface area (Å²) >= 11 is 3.47. The quantitative estimate of drug-likeness (QED) is 0.888. The van der Waals surface area contributed by atoms with Crippen molar-refractivity contribution in [3.63, 3.8) is 0 Å². The van der Waals surface area contributed by atoms with Crippen molar-refractivity contribution in [2.45, 2.75) is 13.5 Å². The van der Waals surface area contributed by atoms with Crippen LogP contribution in [0.4, 0.5) is 11.6 Å². The van der Waals surface area contributed by atoms with E-state index in [1.807, 2.05) is 19.1 Å². The van der Waals surface area contributed by atoms with E-state index >= 15 is 0 Å². The van der Waals surface area contributed by atoms with E-state index in [0.717, 1.165) is 28.4 Å². The molecule has 2 aromatic heterocycles. The Bertz CT molecular complexity index is 472. The van der Waals surface area contributed by atoms with E-state index in [1.165, 1.54) is 6.33 Å². The molecule has 0 unspecified atom stereocenters. The van der Waals surface area contributed by atoms with Gasteiger partial charge in [-0.25, -0.2) is 9.97 Å². The number of halogens is 1. The second-order valence-electron chi connectivity index (χ2n) is 3.35. The van der Waals surface area contributed by atoms with E-state index in [1.54, 1.807) is 6.26 Å². The van der Waals surface area contributed by atoms with Crippen molar-refractivity contribution < 1.29 is 4.42 Å². The third-order valence-electron chi connectivity index (χ3n) is 2.14. The molecule has 2 rings (SSSR count). The minimum Gasteiger partial charge on any atom is -0.467 e. The average molecular weight is 297 g/mol. The summed E-state index contributed by atoms with van der Waals surface area (Å²) in [6, 6.07) is 3.77. The summed E-state index contributed by atoms with van der Waals surface area (Å²) in [4.78, 5) is 8.31. The number of furan rings is 1. The summed E-state index contributed by atoms with van der Waals surface area (Å²) in [5.74, 6) is 2.39. The van der Waals surface area contributed by atoms with Crippen LogP contribution in [0.15, 0.2) is 33.6 Å². The Labute approximate surface area is 108 Å². The SMILES string of the molecule is CCNc1ncnc(NCc2ccco2)c1Br. The molecule has 0 aliphatic rings. The molecule has 0 fully saturated rings. The van der Waals surface area contributed by atoms with Gasteiger partial charge >= 0.3 is 0 Å². The summed E-state index contributed by atoms with van der Waals surface area (Å²) in [6.45, 7) is 3.42. The molecular weight excluding hydrogens is 284 g/mol. The first-order chi connectivity index (χ1) is 8.31. The molecule has 2 N–H and O–H groups in total. The fourth-order valence-corrected chi connectivity index (χ4v) is 1.85. The molecule has 0 aromatic carbocycles. The van der Waals surface area contributed by atoms with Gasteiger partial charge in [0.25, 0.3) is 0 Å². The number of rotatable bonds is 5. The Kier molecular flexibility index (Phi) is 3.98. The van der Waals surface area contributed by atoms with Crippen molar-refractivity contribution in [1.82, 2.24) is 9.97 Å². The standard InChI is InChI=1S/C11H13BrN4O/c1-2-13-10-9(12)11(16-7-15-10)14-6-8-4-3-5-17-8/h3-5,7H,2,6H2,1H3,(H2,13,14,15,16). The van der Waals surface area contributed by atoms with E-state index in [4.69, 9.17) is 4.42 Å². The first-order valence-corrected chi connectivity index (χ1v) is 6.11. The van der Waals surface area contributed by atoms with Crippen LogP contribution in [0.2, 0.25) is 0 Å². The summed E-state index contributed by atoms with van der Waals surface area (Å²) in [5.41, 5.74) is 0. The Morgan fingerprint density at radius 1 is 1.29 bits per heavy atom.